The van der Waals surface area contributed by atoms with Gasteiger partial charge in [0.15, 0.2) is 0 Å². The molecule has 0 N–H and O–H groups in total. The van der Waals surface area contributed by atoms with Crippen molar-refractivity contribution in [1.29, 1.82) is 0 Å². The Kier molecular flexibility index (Phi) is 3.18. The lowest BCUT2D eigenvalue weighted by atomic mass is 10.1. The Morgan fingerprint density at radius 3 is 2.45 bits per heavy atom. The van der Waals surface area contributed by atoms with Gasteiger partial charge >= 0.3 is 0 Å². The molecule has 3 nitrogen and oxygen atoms in total. The van der Waals surface area contributed by atoms with Crippen LogP contribution in [0.4, 0.5) is 5.69 Å². The number of anilines is 1. The van der Waals surface area contributed by atoms with Gasteiger partial charge in [0.2, 0.25) is 0 Å². The van der Waals surface area contributed by atoms with Gasteiger partial charge in [0.1, 0.15) is 0 Å². The maximum atomic E-state index is 12.1. The minimum absolute atomic E-state index is 0.416. The van der Waals surface area contributed by atoms with Crippen molar-refractivity contribution in [3.8, 4) is 0 Å². The first-order chi connectivity index (χ1) is 9.56. The van der Waals surface area contributed by atoms with Gasteiger partial charge in [-0.05, 0) is 30.7 Å². The third kappa shape index (κ3) is 2.16. The van der Waals surface area contributed by atoms with E-state index in [-0.39, 0.29) is 0 Å². The van der Waals surface area contributed by atoms with Crippen molar-refractivity contribution in [2.75, 3.05) is 4.90 Å². The highest BCUT2D eigenvalue weighted by Crippen LogP contribution is 2.32. The normalized spacial score (nSPS) is 13.8. The zero-order valence-corrected chi connectivity index (χ0v) is 12.5. The van der Waals surface area contributed by atoms with Crippen molar-refractivity contribution >= 4 is 33.3 Å². The first-order valence-electron chi connectivity index (χ1n) is 6.27. The van der Waals surface area contributed by atoms with E-state index in [0.717, 1.165) is 10.0 Å². The van der Waals surface area contributed by atoms with Gasteiger partial charge in [-0.25, -0.2) is 0 Å². The number of ketones is 1. The summed E-state index contributed by atoms with van der Waals surface area (Å²) >= 11 is 3.33. The summed E-state index contributed by atoms with van der Waals surface area (Å²) in [7, 11) is 0. The van der Waals surface area contributed by atoms with E-state index >= 15 is 0 Å². The number of carbonyl (C=O) groups excluding carboxylic acids is 2. The Labute approximate surface area is 125 Å². The molecule has 0 fully saturated rings. The molecule has 0 radical (unpaired) electrons. The van der Waals surface area contributed by atoms with Crippen molar-refractivity contribution in [2.45, 2.75) is 13.5 Å². The number of nitrogens with zero attached hydrogens (tertiary/aromatic N) is 1. The molecule has 1 heterocycles. The molecule has 4 heteroatoms. The van der Waals surface area contributed by atoms with Crippen LogP contribution in [0.1, 0.15) is 21.5 Å². The van der Waals surface area contributed by atoms with Crippen LogP contribution in [0.2, 0.25) is 0 Å². The SMILES string of the molecule is Cc1ccc(CN2C(=O)C(=O)c3cc(Br)ccc32)cc1. The number of carbonyl (C=O) groups is 2. The monoisotopic (exact) mass is 329 g/mol. The van der Waals surface area contributed by atoms with Crippen molar-refractivity contribution in [1.82, 2.24) is 0 Å². The molecule has 0 saturated heterocycles. The number of Topliss-reactive ketones (excluding diaryl/α,β-unsaturated/α-hetero) is 1. The summed E-state index contributed by atoms with van der Waals surface area (Å²) in [6.07, 6.45) is 0. The smallest absolute Gasteiger partial charge is 0.299 e. The number of hydrogen-bond donors (Lipinski definition) is 0. The molecule has 1 amide bonds. The number of hydrogen-bond acceptors (Lipinski definition) is 2. The van der Waals surface area contributed by atoms with Crippen molar-refractivity contribution in [3.05, 3.63) is 63.6 Å². The number of rotatable bonds is 2. The molecule has 2 aromatic carbocycles. The summed E-state index contributed by atoms with van der Waals surface area (Å²) in [6, 6.07) is 13.3. The van der Waals surface area contributed by atoms with Gasteiger partial charge < -0.3 is 4.90 Å². The predicted octanol–water partition coefficient (Wildman–Crippen LogP) is 3.49. The van der Waals surface area contributed by atoms with E-state index in [2.05, 4.69) is 15.9 Å². The molecule has 0 bridgehead atoms. The summed E-state index contributed by atoms with van der Waals surface area (Å²) in [4.78, 5) is 25.6. The molecule has 0 saturated carbocycles. The summed E-state index contributed by atoms with van der Waals surface area (Å²) in [5, 5.41) is 0. The maximum absolute atomic E-state index is 12.1. The van der Waals surface area contributed by atoms with Crippen LogP contribution in [0.5, 0.6) is 0 Å². The summed E-state index contributed by atoms with van der Waals surface area (Å²) in [6.45, 7) is 2.43. The van der Waals surface area contributed by atoms with E-state index in [1.54, 1.807) is 12.1 Å². The summed E-state index contributed by atoms with van der Waals surface area (Å²) in [5.74, 6) is -0.896. The molecule has 1 aliphatic heterocycles. The average Bonchev–Trinajstić information content (AvgIpc) is 2.66. The number of fused-ring (bicyclic) bond motifs is 1. The van der Waals surface area contributed by atoms with E-state index in [1.807, 2.05) is 37.3 Å². The molecule has 0 atom stereocenters. The Hall–Kier alpha value is -1.94. The minimum Gasteiger partial charge on any atom is -0.300 e. The van der Waals surface area contributed by atoms with Crippen LogP contribution in [-0.2, 0) is 11.3 Å². The lowest BCUT2D eigenvalue weighted by molar-refractivity contribution is -0.114. The van der Waals surface area contributed by atoms with Crippen molar-refractivity contribution < 1.29 is 9.59 Å². The molecule has 2 aromatic rings. The Morgan fingerprint density at radius 1 is 1.05 bits per heavy atom. The Balaban J connectivity index is 1.97. The van der Waals surface area contributed by atoms with Gasteiger partial charge in [-0.1, -0.05) is 45.8 Å². The molecule has 20 heavy (non-hydrogen) atoms. The van der Waals surface area contributed by atoms with Gasteiger partial charge in [0.05, 0.1) is 17.8 Å². The largest absolute Gasteiger partial charge is 0.300 e. The first kappa shape index (κ1) is 13.1. The van der Waals surface area contributed by atoms with Crippen LogP contribution < -0.4 is 4.90 Å². The van der Waals surface area contributed by atoms with Gasteiger partial charge in [-0.3, -0.25) is 9.59 Å². The second kappa shape index (κ2) is 4.87. The molecule has 0 unspecified atom stereocenters. The second-order valence-electron chi connectivity index (χ2n) is 4.87. The fraction of sp³-hybridized carbons (Fsp3) is 0.125. The highest BCUT2D eigenvalue weighted by atomic mass is 79.9. The third-order valence-corrected chi connectivity index (χ3v) is 3.89. The molecular formula is C16H12BrNO2. The summed E-state index contributed by atoms with van der Waals surface area (Å²) < 4.78 is 0.801. The van der Waals surface area contributed by atoms with E-state index in [1.165, 1.54) is 10.5 Å². The molecule has 1 aliphatic rings. The Morgan fingerprint density at radius 2 is 1.75 bits per heavy atom. The minimum atomic E-state index is -0.460. The quantitative estimate of drug-likeness (QED) is 0.791. The summed E-state index contributed by atoms with van der Waals surface area (Å²) in [5.41, 5.74) is 3.33. The lowest BCUT2D eigenvalue weighted by Crippen LogP contribution is -2.29. The van der Waals surface area contributed by atoms with E-state index in [9.17, 15) is 9.59 Å². The van der Waals surface area contributed by atoms with Crippen LogP contribution in [0.25, 0.3) is 0 Å². The molecule has 0 aromatic heterocycles. The topological polar surface area (TPSA) is 37.4 Å². The highest BCUT2D eigenvalue weighted by Gasteiger charge is 2.35. The van der Waals surface area contributed by atoms with Crippen LogP contribution in [-0.4, -0.2) is 11.7 Å². The first-order valence-corrected chi connectivity index (χ1v) is 7.07. The lowest BCUT2D eigenvalue weighted by Gasteiger charge is -2.16. The fourth-order valence-electron chi connectivity index (χ4n) is 2.31. The molecule has 0 aliphatic carbocycles. The van der Waals surface area contributed by atoms with E-state index in [4.69, 9.17) is 0 Å². The molecule has 3 rings (SSSR count). The number of aryl methyl sites for hydroxylation is 1. The van der Waals surface area contributed by atoms with Gasteiger partial charge in [0.25, 0.3) is 11.7 Å². The van der Waals surface area contributed by atoms with Crippen molar-refractivity contribution in [3.63, 3.8) is 0 Å². The van der Waals surface area contributed by atoms with Gasteiger partial charge in [-0.2, -0.15) is 0 Å². The van der Waals surface area contributed by atoms with Crippen LogP contribution in [0.15, 0.2) is 46.9 Å². The maximum Gasteiger partial charge on any atom is 0.299 e. The standard InChI is InChI=1S/C16H12BrNO2/c1-10-2-4-11(5-3-10)9-18-14-7-6-12(17)8-13(14)15(19)16(18)20/h2-8H,9H2,1H3. The van der Waals surface area contributed by atoms with Crippen LogP contribution in [0.3, 0.4) is 0 Å². The van der Waals surface area contributed by atoms with Crippen LogP contribution >= 0.6 is 15.9 Å². The highest BCUT2D eigenvalue weighted by molar-refractivity contribution is 9.10. The molecule has 100 valence electrons. The molecule has 0 spiro atoms. The fourth-order valence-corrected chi connectivity index (χ4v) is 2.67. The van der Waals surface area contributed by atoms with Crippen LogP contribution in [0, 0.1) is 6.92 Å². The molecular weight excluding hydrogens is 318 g/mol. The third-order valence-electron chi connectivity index (χ3n) is 3.39. The van der Waals surface area contributed by atoms with E-state index < -0.39 is 11.7 Å². The number of benzene rings is 2. The van der Waals surface area contributed by atoms with Gasteiger partial charge in [-0.15, -0.1) is 0 Å². The van der Waals surface area contributed by atoms with E-state index in [0.29, 0.717) is 17.8 Å². The second-order valence-corrected chi connectivity index (χ2v) is 5.78. The van der Waals surface area contributed by atoms with Crippen molar-refractivity contribution in [2.24, 2.45) is 0 Å². The Bertz CT molecular complexity index is 707. The van der Waals surface area contributed by atoms with Gasteiger partial charge in [0, 0.05) is 4.47 Å². The zero-order chi connectivity index (χ0) is 14.3. The average molecular weight is 330 g/mol. The predicted molar refractivity (Wildman–Crippen MR) is 80.8 cm³/mol. The number of halogens is 1. The zero-order valence-electron chi connectivity index (χ0n) is 10.9. The number of amides is 1.